The quantitative estimate of drug-likeness (QED) is 0.839. The Morgan fingerprint density at radius 3 is 2.26 bits per heavy atom. The Morgan fingerprint density at radius 2 is 1.79 bits per heavy atom. The van der Waals surface area contributed by atoms with E-state index in [1.165, 1.54) is 6.20 Å². The molecular formula is C14H21F3N2. The van der Waals surface area contributed by atoms with E-state index in [0.717, 1.165) is 37.9 Å². The molecule has 0 aromatic carbocycles. The van der Waals surface area contributed by atoms with Gasteiger partial charge in [0.1, 0.15) is 0 Å². The highest BCUT2D eigenvalue weighted by atomic mass is 19.4. The molecule has 5 heteroatoms. The lowest BCUT2D eigenvalue weighted by Crippen LogP contribution is -2.25. The molecule has 0 radical (unpaired) electrons. The minimum Gasteiger partial charge on any atom is -0.324 e. The highest BCUT2D eigenvalue weighted by Crippen LogP contribution is 2.37. The molecule has 1 aromatic rings. The number of pyridine rings is 1. The van der Waals surface area contributed by atoms with Crippen molar-refractivity contribution >= 4 is 0 Å². The standard InChI is InChI=1S/C14H21F3N2/c1-3-5-10(6-4-2)13(18)11-9-19-8-7-12(11)14(15,16)17/h7-10,13H,3-6,18H2,1-2H3. The fourth-order valence-electron chi connectivity index (χ4n) is 2.43. The minimum absolute atomic E-state index is 0.0697. The minimum atomic E-state index is -4.38. The van der Waals surface area contributed by atoms with E-state index in [9.17, 15) is 13.2 Å². The Kier molecular flexibility index (Phi) is 5.79. The van der Waals surface area contributed by atoms with Crippen LogP contribution in [0.3, 0.4) is 0 Å². The summed E-state index contributed by atoms with van der Waals surface area (Å²) in [4.78, 5) is 3.80. The van der Waals surface area contributed by atoms with Crippen molar-refractivity contribution in [2.75, 3.05) is 0 Å². The van der Waals surface area contributed by atoms with Gasteiger partial charge >= 0.3 is 6.18 Å². The average molecular weight is 274 g/mol. The Hall–Kier alpha value is -1.10. The summed E-state index contributed by atoms with van der Waals surface area (Å²) in [6.45, 7) is 4.03. The molecule has 0 fully saturated rings. The Bertz CT molecular complexity index is 385. The van der Waals surface area contributed by atoms with Crippen LogP contribution in [-0.2, 0) is 6.18 Å². The van der Waals surface area contributed by atoms with Crippen LogP contribution >= 0.6 is 0 Å². The molecule has 1 rings (SSSR count). The van der Waals surface area contributed by atoms with Gasteiger partial charge in [0, 0.05) is 18.4 Å². The van der Waals surface area contributed by atoms with E-state index in [2.05, 4.69) is 4.98 Å². The second-order valence-corrected chi connectivity index (χ2v) is 4.82. The Balaban J connectivity index is 3.06. The van der Waals surface area contributed by atoms with E-state index in [1.807, 2.05) is 13.8 Å². The van der Waals surface area contributed by atoms with Crippen molar-refractivity contribution in [2.24, 2.45) is 11.7 Å². The first kappa shape index (κ1) is 16.0. The molecule has 0 aliphatic heterocycles. The number of nitrogens with two attached hydrogens (primary N) is 1. The van der Waals surface area contributed by atoms with Gasteiger partial charge in [-0.15, -0.1) is 0 Å². The van der Waals surface area contributed by atoms with Gasteiger partial charge < -0.3 is 5.73 Å². The molecule has 1 unspecified atom stereocenters. The molecule has 2 nitrogen and oxygen atoms in total. The number of halogens is 3. The third-order valence-corrected chi connectivity index (χ3v) is 3.34. The van der Waals surface area contributed by atoms with Gasteiger partial charge in [-0.25, -0.2) is 0 Å². The third kappa shape index (κ3) is 4.20. The lowest BCUT2D eigenvalue weighted by atomic mass is 9.85. The zero-order chi connectivity index (χ0) is 14.5. The van der Waals surface area contributed by atoms with E-state index in [1.54, 1.807) is 0 Å². The highest BCUT2D eigenvalue weighted by molar-refractivity contribution is 5.29. The number of rotatable bonds is 6. The van der Waals surface area contributed by atoms with E-state index < -0.39 is 17.8 Å². The fourth-order valence-corrected chi connectivity index (χ4v) is 2.43. The van der Waals surface area contributed by atoms with Crippen molar-refractivity contribution in [3.05, 3.63) is 29.6 Å². The molecule has 0 spiro atoms. The smallest absolute Gasteiger partial charge is 0.324 e. The number of aromatic nitrogens is 1. The van der Waals surface area contributed by atoms with E-state index >= 15 is 0 Å². The van der Waals surface area contributed by atoms with Gasteiger partial charge in [0.05, 0.1) is 5.56 Å². The summed E-state index contributed by atoms with van der Waals surface area (Å²) < 4.78 is 38.9. The first-order valence-electron chi connectivity index (χ1n) is 6.68. The summed E-state index contributed by atoms with van der Waals surface area (Å²) in [6, 6.07) is 0.398. The van der Waals surface area contributed by atoms with Crippen molar-refractivity contribution in [3.8, 4) is 0 Å². The topological polar surface area (TPSA) is 38.9 Å². The lowest BCUT2D eigenvalue weighted by molar-refractivity contribution is -0.138. The van der Waals surface area contributed by atoms with Gasteiger partial charge in [0.15, 0.2) is 0 Å². The van der Waals surface area contributed by atoms with Crippen LogP contribution in [0.4, 0.5) is 13.2 Å². The molecule has 108 valence electrons. The molecule has 2 N–H and O–H groups in total. The van der Waals surface area contributed by atoms with Gasteiger partial charge in [0.25, 0.3) is 0 Å². The van der Waals surface area contributed by atoms with Crippen LogP contribution in [0.25, 0.3) is 0 Å². The maximum Gasteiger partial charge on any atom is 0.416 e. The molecular weight excluding hydrogens is 253 g/mol. The van der Waals surface area contributed by atoms with E-state index in [-0.39, 0.29) is 11.5 Å². The second kappa shape index (κ2) is 6.89. The molecule has 1 heterocycles. The molecule has 1 atom stereocenters. The lowest BCUT2D eigenvalue weighted by Gasteiger charge is -2.25. The molecule has 0 saturated heterocycles. The molecule has 0 amide bonds. The third-order valence-electron chi connectivity index (χ3n) is 3.34. The number of hydrogen-bond acceptors (Lipinski definition) is 2. The highest BCUT2D eigenvalue weighted by Gasteiger charge is 2.35. The second-order valence-electron chi connectivity index (χ2n) is 4.82. The van der Waals surface area contributed by atoms with Crippen LogP contribution in [0.1, 0.15) is 56.7 Å². The monoisotopic (exact) mass is 274 g/mol. The predicted molar refractivity (Wildman–Crippen MR) is 69.5 cm³/mol. The van der Waals surface area contributed by atoms with Crippen molar-refractivity contribution in [1.82, 2.24) is 4.98 Å². The van der Waals surface area contributed by atoms with Gasteiger partial charge in [-0.2, -0.15) is 13.2 Å². The van der Waals surface area contributed by atoms with Crippen molar-refractivity contribution in [2.45, 2.75) is 51.7 Å². The van der Waals surface area contributed by atoms with Crippen LogP contribution in [0.5, 0.6) is 0 Å². The molecule has 0 aliphatic carbocycles. The summed E-state index contributed by atoms with van der Waals surface area (Å²) in [5, 5.41) is 0. The maximum absolute atomic E-state index is 13.0. The van der Waals surface area contributed by atoms with Crippen LogP contribution in [0.2, 0.25) is 0 Å². The summed E-state index contributed by atoms with van der Waals surface area (Å²) in [6.07, 6.45) is 1.54. The van der Waals surface area contributed by atoms with Crippen LogP contribution in [0.15, 0.2) is 18.5 Å². The van der Waals surface area contributed by atoms with Crippen molar-refractivity contribution in [3.63, 3.8) is 0 Å². The van der Waals surface area contributed by atoms with Crippen LogP contribution in [-0.4, -0.2) is 4.98 Å². The first-order valence-corrected chi connectivity index (χ1v) is 6.68. The van der Waals surface area contributed by atoms with Gasteiger partial charge in [-0.1, -0.05) is 26.7 Å². The normalized spacial score (nSPS) is 13.8. The number of alkyl halides is 3. The van der Waals surface area contributed by atoms with Gasteiger partial charge in [-0.05, 0) is 30.4 Å². The van der Waals surface area contributed by atoms with Gasteiger partial charge in [-0.3, -0.25) is 4.98 Å². The summed E-state index contributed by atoms with van der Waals surface area (Å²) in [5.41, 5.74) is 5.52. The zero-order valence-corrected chi connectivity index (χ0v) is 11.4. The summed E-state index contributed by atoms with van der Waals surface area (Å²) in [7, 11) is 0. The van der Waals surface area contributed by atoms with E-state index in [4.69, 9.17) is 5.73 Å². The Labute approximate surface area is 112 Å². The molecule has 0 aliphatic rings. The SMILES string of the molecule is CCCC(CCC)C(N)c1cnccc1C(F)(F)F. The molecule has 0 saturated carbocycles. The molecule has 19 heavy (non-hydrogen) atoms. The van der Waals surface area contributed by atoms with Gasteiger partial charge in [0.2, 0.25) is 0 Å². The zero-order valence-electron chi connectivity index (χ0n) is 11.4. The maximum atomic E-state index is 13.0. The largest absolute Gasteiger partial charge is 0.416 e. The van der Waals surface area contributed by atoms with Crippen molar-refractivity contribution in [1.29, 1.82) is 0 Å². The van der Waals surface area contributed by atoms with Crippen LogP contribution < -0.4 is 5.73 Å². The number of hydrogen-bond donors (Lipinski definition) is 1. The molecule has 1 aromatic heterocycles. The summed E-state index contributed by atoms with van der Waals surface area (Å²) >= 11 is 0. The average Bonchev–Trinajstić information content (AvgIpc) is 2.37. The van der Waals surface area contributed by atoms with Crippen molar-refractivity contribution < 1.29 is 13.2 Å². The predicted octanol–water partition coefficient (Wildman–Crippen LogP) is 4.32. The first-order chi connectivity index (χ1) is 8.91. The van der Waals surface area contributed by atoms with E-state index in [0.29, 0.717) is 0 Å². The molecule has 0 bridgehead atoms. The van der Waals surface area contributed by atoms with Crippen LogP contribution in [0, 0.1) is 5.92 Å². The fraction of sp³-hybridized carbons (Fsp3) is 0.643. The Morgan fingerprint density at radius 1 is 1.21 bits per heavy atom. The number of nitrogens with zero attached hydrogens (tertiary/aromatic N) is 1. The summed E-state index contributed by atoms with van der Waals surface area (Å²) in [5.74, 6) is 0.0697.